The molecule has 5 nitrogen and oxygen atoms in total. The molecule has 0 bridgehead atoms. The lowest BCUT2D eigenvalue weighted by Crippen LogP contribution is -2.33. The molecule has 1 atom stereocenters. The number of aromatic nitrogens is 1. The second-order valence-electron chi connectivity index (χ2n) is 3.63. The van der Waals surface area contributed by atoms with E-state index >= 15 is 0 Å². The van der Waals surface area contributed by atoms with Crippen LogP contribution >= 0.6 is 0 Å². The van der Waals surface area contributed by atoms with Crippen LogP contribution in [0.2, 0.25) is 0 Å². The summed E-state index contributed by atoms with van der Waals surface area (Å²) >= 11 is 0. The normalized spacial score (nSPS) is 14.7. The number of carbonyl (C=O) groups is 1. The van der Waals surface area contributed by atoms with Crippen LogP contribution in [0, 0.1) is 0 Å². The average Bonchev–Trinajstić information content (AvgIpc) is 2.59. The van der Waals surface area contributed by atoms with Crippen molar-refractivity contribution in [1.82, 2.24) is 4.57 Å². The fourth-order valence-electron chi connectivity index (χ4n) is 1.47. The number of carbonyl (C=O) groups excluding carboxylic acids is 1. The van der Waals surface area contributed by atoms with Gasteiger partial charge in [0.2, 0.25) is 0 Å². The summed E-state index contributed by atoms with van der Waals surface area (Å²) in [5, 5.41) is 9.95. The Hall–Kier alpha value is -1.33. The molecule has 3 N–H and O–H groups in total. The van der Waals surface area contributed by atoms with E-state index in [-0.39, 0.29) is 6.54 Å². The topological polar surface area (TPSA) is 77.5 Å². The second kappa shape index (κ2) is 4.04. The lowest BCUT2D eigenvalue weighted by atomic mass is 10.0. The summed E-state index contributed by atoms with van der Waals surface area (Å²) in [5.74, 6) is -0.434. The highest BCUT2D eigenvalue weighted by molar-refractivity contribution is 5.87. The van der Waals surface area contributed by atoms with Crippen LogP contribution in [0.4, 0.5) is 0 Å². The third-order valence-electron chi connectivity index (χ3n) is 2.47. The molecule has 0 radical (unpaired) electrons. The molecular weight excluding hydrogens is 196 g/mol. The average molecular weight is 212 g/mol. The van der Waals surface area contributed by atoms with Crippen molar-refractivity contribution in [1.29, 1.82) is 0 Å². The number of hydrogen-bond donors (Lipinski definition) is 2. The van der Waals surface area contributed by atoms with Crippen LogP contribution in [-0.4, -0.2) is 29.3 Å². The van der Waals surface area contributed by atoms with Gasteiger partial charge in [-0.15, -0.1) is 0 Å². The molecular formula is C10H16N2O3. The maximum atomic E-state index is 11.3. The molecule has 0 aliphatic heterocycles. The van der Waals surface area contributed by atoms with Gasteiger partial charge in [0.05, 0.1) is 12.8 Å². The molecule has 0 amide bonds. The van der Waals surface area contributed by atoms with Crippen LogP contribution < -0.4 is 5.73 Å². The van der Waals surface area contributed by atoms with E-state index in [2.05, 4.69) is 4.74 Å². The maximum absolute atomic E-state index is 11.3. The van der Waals surface area contributed by atoms with Gasteiger partial charge in [-0.05, 0) is 19.1 Å². The van der Waals surface area contributed by atoms with E-state index in [4.69, 9.17) is 5.73 Å². The highest BCUT2D eigenvalue weighted by Gasteiger charge is 2.26. The molecule has 1 heterocycles. The molecule has 84 valence electrons. The van der Waals surface area contributed by atoms with Crippen molar-refractivity contribution >= 4 is 5.97 Å². The molecule has 0 saturated carbocycles. The van der Waals surface area contributed by atoms with Gasteiger partial charge in [-0.25, -0.2) is 4.79 Å². The zero-order chi connectivity index (χ0) is 11.6. The van der Waals surface area contributed by atoms with Crippen molar-refractivity contribution in [2.24, 2.45) is 12.8 Å². The first-order valence-electron chi connectivity index (χ1n) is 4.61. The molecule has 15 heavy (non-hydrogen) atoms. The Morgan fingerprint density at radius 1 is 1.67 bits per heavy atom. The van der Waals surface area contributed by atoms with Gasteiger partial charge in [0.15, 0.2) is 0 Å². The van der Waals surface area contributed by atoms with Crippen LogP contribution in [0.1, 0.15) is 23.1 Å². The Bertz CT molecular complexity index is 369. The number of nitrogens with two attached hydrogens (primary N) is 1. The number of rotatable bonds is 3. The van der Waals surface area contributed by atoms with Crippen molar-refractivity contribution in [3.05, 3.63) is 23.5 Å². The van der Waals surface area contributed by atoms with Crippen molar-refractivity contribution in [3.8, 4) is 0 Å². The summed E-state index contributed by atoms with van der Waals surface area (Å²) in [7, 11) is 3.00. The Labute approximate surface area is 88.4 Å². The minimum Gasteiger partial charge on any atom is -0.464 e. The molecule has 1 rings (SSSR count). The highest BCUT2D eigenvalue weighted by atomic mass is 16.5. The van der Waals surface area contributed by atoms with Crippen molar-refractivity contribution in [2.45, 2.75) is 12.5 Å². The van der Waals surface area contributed by atoms with Crippen molar-refractivity contribution in [3.63, 3.8) is 0 Å². The van der Waals surface area contributed by atoms with E-state index in [1.807, 2.05) is 0 Å². The molecule has 5 heteroatoms. The standard InChI is InChI=1S/C10H16N2O3/c1-10(14,6-11)8-5-4-7(12(8)2)9(13)15-3/h4-5,14H,6,11H2,1-3H3. The number of methoxy groups -OCH3 is 1. The molecule has 0 aromatic carbocycles. The van der Waals surface area contributed by atoms with Crippen LogP contribution in [0.3, 0.4) is 0 Å². The van der Waals surface area contributed by atoms with Gasteiger partial charge in [-0.3, -0.25) is 0 Å². The molecule has 0 aliphatic carbocycles. The van der Waals surface area contributed by atoms with Gasteiger partial charge in [0, 0.05) is 13.6 Å². The van der Waals surface area contributed by atoms with Crippen LogP contribution in [0.15, 0.2) is 12.1 Å². The van der Waals surface area contributed by atoms with Gasteiger partial charge in [0.25, 0.3) is 0 Å². The summed E-state index contributed by atoms with van der Waals surface area (Å²) in [5.41, 5.74) is 5.29. The lowest BCUT2D eigenvalue weighted by Gasteiger charge is -2.22. The fourth-order valence-corrected chi connectivity index (χ4v) is 1.47. The molecule has 0 spiro atoms. The Balaban J connectivity index is 3.15. The number of esters is 1. The zero-order valence-electron chi connectivity index (χ0n) is 9.15. The number of hydrogen-bond acceptors (Lipinski definition) is 4. The maximum Gasteiger partial charge on any atom is 0.354 e. The summed E-state index contributed by atoms with van der Waals surface area (Å²) in [6.45, 7) is 1.69. The van der Waals surface area contributed by atoms with E-state index in [1.165, 1.54) is 7.11 Å². The molecule has 0 fully saturated rings. The van der Waals surface area contributed by atoms with E-state index in [9.17, 15) is 9.90 Å². The molecule has 0 saturated heterocycles. The largest absolute Gasteiger partial charge is 0.464 e. The quantitative estimate of drug-likeness (QED) is 0.690. The highest BCUT2D eigenvalue weighted by Crippen LogP contribution is 2.21. The molecule has 1 aromatic rings. The molecule has 1 aromatic heterocycles. The first-order valence-corrected chi connectivity index (χ1v) is 4.61. The van der Waals surface area contributed by atoms with Crippen LogP contribution in [-0.2, 0) is 17.4 Å². The second-order valence-corrected chi connectivity index (χ2v) is 3.63. The SMILES string of the molecule is COC(=O)c1ccc(C(C)(O)CN)n1C. The lowest BCUT2D eigenvalue weighted by molar-refractivity contribution is 0.0549. The third-order valence-corrected chi connectivity index (χ3v) is 2.47. The molecule has 1 unspecified atom stereocenters. The van der Waals surface area contributed by atoms with E-state index in [0.717, 1.165) is 0 Å². The van der Waals surface area contributed by atoms with Crippen LogP contribution in [0.25, 0.3) is 0 Å². The first kappa shape index (κ1) is 11.7. The predicted molar refractivity (Wildman–Crippen MR) is 55.4 cm³/mol. The Morgan fingerprint density at radius 2 is 2.27 bits per heavy atom. The number of nitrogens with zero attached hydrogens (tertiary/aromatic N) is 1. The number of aliphatic hydroxyl groups is 1. The van der Waals surface area contributed by atoms with E-state index in [1.54, 1.807) is 30.7 Å². The summed E-state index contributed by atoms with van der Waals surface area (Å²) in [6, 6.07) is 3.27. The van der Waals surface area contributed by atoms with Gasteiger partial charge < -0.3 is 20.1 Å². The zero-order valence-corrected chi connectivity index (χ0v) is 9.15. The van der Waals surface area contributed by atoms with Gasteiger partial charge in [-0.2, -0.15) is 0 Å². The monoisotopic (exact) mass is 212 g/mol. The minimum absolute atomic E-state index is 0.0888. The van der Waals surface area contributed by atoms with E-state index < -0.39 is 11.6 Å². The summed E-state index contributed by atoms with van der Waals surface area (Å²) in [4.78, 5) is 11.3. The number of ether oxygens (including phenoxy) is 1. The van der Waals surface area contributed by atoms with Crippen LogP contribution in [0.5, 0.6) is 0 Å². The van der Waals surface area contributed by atoms with Gasteiger partial charge in [0.1, 0.15) is 11.3 Å². The smallest absolute Gasteiger partial charge is 0.354 e. The fraction of sp³-hybridized carbons (Fsp3) is 0.500. The van der Waals surface area contributed by atoms with Crippen molar-refractivity contribution in [2.75, 3.05) is 13.7 Å². The molecule has 0 aliphatic rings. The summed E-state index contributed by atoms with van der Waals surface area (Å²) in [6.07, 6.45) is 0. The van der Waals surface area contributed by atoms with Crippen molar-refractivity contribution < 1.29 is 14.6 Å². The van der Waals surface area contributed by atoms with Gasteiger partial charge in [-0.1, -0.05) is 0 Å². The van der Waals surface area contributed by atoms with Gasteiger partial charge >= 0.3 is 5.97 Å². The first-order chi connectivity index (χ1) is 6.94. The third kappa shape index (κ3) is 2.03. The minimum atomic E-state index is -1.14. The Kier molecular flexibility index (Phi) is 3.16. The summed E-state index contributed by atoms with van der Waals surface area (Å²) < 4.78 is 6.19. The Morgan fingerprint density at radius 3 is 2.73 bits per heavy atom. The van der Waals surface area contributed by atoms with E-state index in [0.29, 0.717) is 11.4 Å². The predicted octanol–water partition coefficient (Wildman–Crippen LogP) is -0.0221.